The number of benzene rings is 3. The van der Waals surface area contributed by atoms with Crippen molar-refractivity contribution in [1.29, 1.82) is 0 Å². The maximum Gasteiger partial charge on any atom is 0.410 e. The first-order chi connectivity index (χ1) is 26.5. The number of nitrogens with one attached hydrogen (secondary N) is 3. The van der Waals surface area contributed by atoms with Gasteiger partial charge in [-0.3, -0.25) is 10.1 Å². The number of nitrogens with zero attached hydrogens (tertiary/aromatic N) is 1. The Balaban J connectivity index is 1.79. The second-order valence-electron chi connectivity index (χ2n) is 13.8. The van der Waals surface area contributed by atoms with Gasteiger partial charge in [-0.25, -0.2) is 14.4 Å². The number of carbonyl (C=O) groups is 4. The Morgan fingerprint density at radius 2 is 1.33 bits per heavy atom. The maximum absolute atomic E-state index is 13.6. The minimum atomic E-state index is -0.824. The number of hydrogen-bond donors (Lipinski definition) is 3. The highest BCUT2D eigenvalue weighted by atomic mass is 16.6. The van der Waals surface area contributed by atoms with Gasteiger partial charge in [0.2, 0.25) is 0 Å². The number of amides is 3. The lowest BCUT2D eigenvalue weighted by Gasteiger charge is -2.31. The van der Waals surface area contributed by atoms with Gasteiger partial charge in [0.25, 0.3) is 0 Å². The van der Waals surface area contributed by atoms with Gasteiger partial charge in [-0.2, -0.15) is 0 Å². The average Bonchev–Trinajstić information content (AvgIpc) is 3.18. The third-order valence-electron chi connectivity index (χ3n) is 8.25. The molecular formula is C43H56N4O8. The Labute approximate surface area is 325 Å². The summed E-state index contributed by atoms with van der Waals surface area (Å²) in [5.41, 5.74) is 2.19. The molecule has 0 spiro atoms. The summed E-state index contributed by atoms with van der Waals surface area (Å²) in [4.78, 5) is 53.6. The standard InChI is InChI=1S/C43H56N4O8/c1-6-28-52-39(48)38(24-17-26-44-40(49)54-32-33-18-11-8-12-19-33)46-36(30-45-41(50)55-43(3,4)5)25-27-47(42(51)53-29-7-2)31-37(34-20-13-9-14-21-34)35-22-15-10-16-23-35/h6-16,18-23,36-38,46H,1-2,17,24-32H2,3-5H3,(H,44,49)(H,45,50)/t36?,38-/m0/s1. The number of esters is 1. The molecule has 55 heavy (non-hydrogen) atoms. The summed E-state index contributed by atoms with van der Waals surface area (Å²) >= 11 is 0. The zero-order valence-corrected chi connectivity index (χ0v) is 32.2. The van der Waals surface area contributed by atoms with Crippen LogP contribution < -0.4 is 16.0 Å². The van der Waals surface area contributed by atoms with E-state index in [1.807, 2.05) is 91.0 Å². The summed E-state index contributed by atoms with van der Waals surface area (Å²) < 4.78 is 21.7. The van der Waals surface area contributed by atoms with Crippen LogP contribution in [0, 0.1) is 0 Å². The molecule has 0 aliphatic heterocycles. The fourth-order valence-corrected chi connectivity index (χ4v) is 5.62. The van der Waals surface area contributed by atoms with E-state index in [4.69, 9.17) is 18.9 Å². The van der Waals surface area contributed by atoms with Crippen LogP contribution in [-0.2, 0) is 30.3 Å². The van der Waals surface area contributed by atoms with Gasteiger partial charge < -0.3 is 34.5 Å². The zero-order valence-electron chi connectivity index (χ0n) is 32.2. The molecule has 3 amide bonds. The lowest BCUT2D eigenvalue weighted by atomic mass is 9.90. The number of carbonyl (C=O) groups excluding carboxylic acids is 4. The Hall–Kier alpha value is -5.62. The van der Waals surface area contributed by atoms with E-state index in [1.54, 1.807) is 25.7 Å². The third kappa shape index (κ3) is 17.4. The van der Waals surface area contributed by atoms with Crippen molar-refractivity contribution in [3.63, 3.8) is 0 Å². The molecule has 0 heterocycles. The Bertz CT molecular complexity index is 1580. The van der Waals surface area contributed by atoms with Crippen molar-refractivity contribution in [2.45, 2.75) is 70.2 Å². The average molecular weight is 757 g/mol. The summed E-state index contributed by atoms with van der Waals surface area (Å²) in [5.74, 6) is -0.692. The molecule has 12 nitrogen and oxygen atoms in total. The molecule has 1 unspecified atom stereocenters. The molecule has 0 fully saturated rings. The van der Waals surface area contributed by atoms with E-state index in [9.17, 15) is 19.2 Å². The largest absolute Gasteiger partial charge is 0.460 e. The van der Waals surface area contributed by atoms with E-state index in [1.165, 1.54) is 12.2 Å². The van der Waals surface area contributed by atoms with Gasteiger partial charge in [-0.05, 0) is 56.7 Å². The van der Waals surface area contributed by atoms with Crippen LogP contribution in [0.4, 0.5) is 14.4 Å². The summed E-state index contributed by atoms with van der Waals surface area (Å²) in [6, 6.07) is 27.8. The van der Waals surface area contributed by atoms with E-state index >= 15 is 0 Å². The van der Waals surface area contributed by atoms with Gasteiger partial charge in [-0.15, -0.1) is 0 Å². The topological polar surface area (TPSA) is 145 Å². The van der Waals surface area contributed by atoms with Gasteiger partial charge in [0, 0.05) is 38.1 Å². The SMILES string of the molecule is C=CCOC(=O)[C@H](CCCNC(=O)OCc1ccccc1)NC(CCN(CC(c1ccccc1)c1ccccc1)C(=O)OCC=C)CNC(=O)OC(C)(C)C. The van der Waals surface area contributed by atoms with Crippen molar-refractivity contribution in [2.75, 3.05) is 39.4 Å². The summed E-state index contributed by atoms with van der Waals surface area (Å²) in [7, 11) is 0. The minimum absolute atomic E-state index is 0.00514. The molecule has 3 aromatic rings. The van der Waals surface area contributed by atoms with Crippen molar-refractivity contribution in [3.05, 3.63) is 133 Å². The Kier molecular flexibility index (Phi) is 19.0. The van der Waals surface area contributed by atoms with E-state index in [2.05, 4.69) is 29.1 Å². The maximum atomic E-state index is 13.6. The molecule has 3 rings (SSSR count). The highest BCUT2D eigenvalue weighted by Gasteiger charge is 2.28. The number of hydrogen-bond acceptors (Lipinski definition) is 9. The highest BCUT2D eigenvalue weighted by Crippen LogP contribution is 2.26. The molecule has 0 aliphatic carbocycles. The van der Waals surface area contributed by atoms with Crippen molar-refractivity contribution < 1.29 is 38.1 Å². The minimum Gasteiger partial charge on any atom is -0.460 e. The fourth-order valence-electron chi connectivity index (χ4n) is 5.62. The lowest BCUT2D eigenvalue weighted by molar-refractivity contribution is -0.145. The highest BCUT2D eigenvalue weighted by molar-refractivity contribution is 5.76. The Morgan fingerprint density at radius 3 is 1.91 bits per heavy atom. The molecule has 0 saturated carbocycles. The van der Waals surface area contributed by atoms with Crippen LogP contribution in [0.25, 0.3) is 0 Å². The van der Waals surface area contributed by atoms with Crippen molar-refractivity contribution >= 4 is 24.2 Å². The van der Waals surface area contributed by atoms with Crippen molar-refractivity contribution in [2.24, 2.45) is 0 Å². The molecule has 12 heteroatoms. The van der Waals surface area contributed by atoms with Crippen LogP contribution in [0.1, 0.15) is 62.6 Å². The predicted molar refractivity (Wildman–Crippen MR) is 212 cm³/mol. The quantitative estimate of drug-likeness (QED) is 0.0423. The van der Waals surface area contributed by atoms with Crippen LogP contribution >= 0.6 is 0 Å². The van der Waals surface area contributed by atoms with Crippen molar-refractivity contribution in [1.82, 2.24) is 20.9 Å². The van der Waals surface area contributed by atoms with E-state index in [0.29, 0.717) is 19.4 Å². The van der Waals surface area contributed by atoms with Crippen LogP contribution in [-0.4, -0.2) is 86.2 Å². The van der Waals surface area contributed by atoms with Gasteiger partial charge in [0.15, 0.2) is 0 Å². The zero-order chi connectivity index (χ0) is 39.9. The van der Waals surface area contributed by atoms with Crippen LogP contribution in [0.3, 0.4) is 0 Å². The second-order valence-corrected chi connectivity index (χ2v) is 13.8. The van der Waals surface area contributed by atoms with E-state index < -0.39 is 41.9 Å². The van der Waals surface area contributed by atoms with Gasteiger partial charge in [0.05, 0.1) is 0 Å². The van der Waals surface area contributed by atoms with Crippen LogP contribution in [0.2, 0.25) is 0 Å². The predicted octanol–water partition coefficient (Wildman–Crippen LogP) is 7.12. The monoisotopic (exact) mass is 756 g/mol. The van der Waals surface area contributed by atoms with Gasteiger partial charge >= 0.3 is 24.2 Å². The molecule has 0 saturated heterocycles. The number of ether oxygens (including phenoxy) is 4. The molecule has 0 radical (unpaired) electrons. The molecule has 0 bridgehead atoms. The molecule has 0 aromatic heterocycles. The smallest absolute Gasteiger partial charge is 0.410 e. The fraction of sp³-hybridized carbons (Fsp3) is 0.395. The second kappa shape index (κ2) is 23.9. The first-order valence-electron chi connectivity index (χ1n) is 18.6. The molecule has 3 aromatic carbocycles. The van der Waals surface area contributed by atoms with E-state index in [0.717, 1.165) is 16.7 Å². The summed E-state index contributed by atoms with van der Waals surface area (Å²) in [6.07, 6.45) is 2.26. The number of rotatable bonds is 22. The first-order valence-corrected chi connectivity index (χ1v) is 18.6. The lowest BCUT2D eigenvalue weighted by Crippen LogP contribution is -2.51. The third-order valence-corrected chi connectivity index (χ3v) is 8.25. The molecular weight excluding hydrogens is 700 g/mol. The van der Waals surface area contributed by atoms with E-state index in [-0.39, 0.29) is 51.8 Å². The number of alkyl carbamates (subject to hydrolysis) is 2. The molecule has 0 aliphatic rings. The molecule has 3 N–H and O–H groups in total. The van der Waals surface area contributed by atoms with Crippen molar-refractivity contribution in [3.8, 4) is 0 Å². The van der Waals surface area contributed by atoms with Gasteiger partial charge in [-0.1, -0.05) is 116 Å². The normalized spacial score (nSPS) is 12.1. The molecule has 2 atom stereocenters. The van der Waals surface area contributed by atoms with Crippen LogP contribution in [0.5, 0.6) is 0 Å². The summed E-state index contributed by atoms with van der Waals surface area (Å²) in [6.45, 7) is 13.6. The van der Waals surface area contributed by atoms with Crippen LogP contribution in [0.15, 0.2) is 116 Å². The van der Waals surface area contributed by atoms with Gasteiger partial charge in [0.1, 0.15) is 31.5 Å². The molecule has 296 valence electrons. The summed E-state index contributed by atoms with van der Waals surface area (Å²) in [5, 5.41) is 8.88. The Morgan fingerprint density at radius 1 is 0.745 bits per heavy atom. The first kappa shape index (κ1) is 43.8.